The maximum absolute atomic E-state index is 9.05. The SMILES string of the molecule is COc1ccnc(-c2ccc(CO)nc2OC)c1. The fourth-order valence-corrected chi connectivity index (χ4v) is 1.60. The molecule has 0 aromatic carbocycles. The van der Waals surface area contributed by atoms with E-state index in [1.54, 1.807) is 31.5 Å². The molecule has 0 aliphatic rings. The Labute approximate surface area is 105 Å². The molecule has 0 saturated heterocycles. The third-order valence-electron chi connectivity index (χ3n) is 2.52. The minimum absolute atomic E-state index is 0.123. The number of aromatic nitrogens is 2. The second-order valence-corrected chi connectivity index (χ2v) is 3.60. The molecule has 5 nitrogen and oxygen atoms in total. The van der Waals surface area contributed by atoms with Crippen LogP contribution in [0.2, 0.25) is 0 Å². The van der Waals surface area contributed by atoms with E-state index in [2.05, 4.69) is 9.97 Å². The van der Waals surface area contributed by atoms with Gasteiger partial charge in [0.1, 0.15) is 5.75 Å². The summed E-state index contributed by atoms with van der Waals surface area (Å²) in [7, 11) is 3.14. The molecule has 2 heterocycles. The molecule has 0 aliphatic heterocycles. The molecular weight excluding hydrogens is 232 g/mol. The highest BCUT2D eigenvalue weighted by atomic mass is 16.5. The third-order valence-corrected chi connectivity index (χ3v) is 2.52. The van der Waals surface area contributed by atoms with E-state index in [0.717, 1.165) is 5.56 Å². The molecule has 94 valence electrons. The number of aliphatic hydroxyl groups is 1. The van der Waals surface area contributed by atoms with Crippen molar-refractivity contribution >= 4 is 0 Å². The van der Waals surface area contributed by atoms with Gasteiger partial charge in [0, 0.05) is 12.3 Å². The summed E-state index contributed by atoms with van der Waals surface area (Å²) in [6.45, 7) is -0.123. The van der Waals surface area contributed by atoms with Crippen molar-refractivity contribution in [3.63, 3.8) is 0 Å². The van der Waals surface area contributed by atoms with Crippen LogP contribution >= 0.6 is 0 Å². The molecule has 1 N–H and O–H groups in total. The van der Waals surface area contributed by atoms with Crippen LogP contribution in [-0.2, 0) is 6.61 Å². The number of hydrogen-bond acceptors (Lipinski definition) is 5. The molecule has 0 fully saturated rings. The normalized spacial score (nSPS) is 10.2. The molecule has 2 aromatic rings. The first kappa shape index (κ1) is 12.3. The zero-order valence-electron chi connectivity index (χ0n) is 10.3. The summed E-state index contributed by atoms with van der Waals surface area (Å²) in [5.41, 5.74) is 2.02. The second kappa shape index (κ2) is 5.46. The van der Waals surface area contributed by atoms with Crippen LogP contribution in [0.4, 0.5) is 0 Å². The van der Waals surface area contributed by atoms with Gasteiger partial charge in [-0.1, -0.05) is 0 Å². The van der Waals surface area contributed by atoms with Crippen LogP contribution in [0.1, 0.15) is 5.69 Å². The molecule has 0 saturated carbocycles. The highest BCUT2D eigenvalue weighted by Gasteiger charge is 2.10. The van der Waals surface area contributed by atoms with Gasteiger partial charge >= 0.3 is 0 Å². The van der Waals surface area contributed by atoms with E-state index in [4.69, 9.17) is 14.6 Å². The number of methoxy groups -OCH3 is 2. The van der Waals surface area contributed by atoms with Gasteiger partial charge in [0.2, 0.25) is 5.88 Å². The fraction of sp³-hybridized carbons (Fsp3) is 0.231. The molecular formula is C13H14N2O3. The van der Waals surface area contributed by atoms with E-state index in [0.29, 0.717) is 23.0 Å². The number of hydrogen-bond donors (Lipinski definition) is 1. The van der Waals surface area contributed by atoms with Gasteiger partial charge in [-0.2, -0.15) is 0 Å². The van der Waals surface area contributed by atoms with E-state index in [-0.39, 0.29) is 6.61 Å². The summed E-state index contributed by atoms with van der Waals surface area (Å²) in [5.74, 6) is 1.15. The molecule has 5 heteroatoms. The van der Waals surface area contributed by atoms with E-state index in [9.17, 15) is 0 Å². The summed E-state index contributed by atoms with van der Waals surface area (Å²) in [5, 5.41) is 9.05. The summed E-state index contributed by atoms with van der Waals surface area (Å²) in [4.78, 5) is 8.45. The summed E-state index contributed by atoms with van der Waals surface area (Å²) in [6, 6.07) is 7.13. The number of nitrogens with zero attached hydrogens (tertiary/aromatic N) is 2. The van der Waals surface area contributed by atoms with Crippen molar-refractivity contribution in [2.24, 2.45) is 0 Å². The monoisotopic (exact) mass is 246 g/mol. The van der Waals surface area contributed by atoms with Gasteiger partial charge in [-0.15, -0.1) is 0 Å². The van der Waals surface area contributed by atoms with Crippen LogP contribution in [-0.4, -0.2) is 29.3 Å². The first-order chi connectivity index (χ1) is 8.78. The fourth-order valence-electron chi connectivity index (χ4n) is 1.60. The van der Waals surface area contributed by atoms with Gasteiger partial charge < -0.3 is 14.6 Å². The second-order valence-electron chi connectivity index (χ2n) is 3.60. The topological polar surface area (TPSA) is 64.5 Å². The maximum atomic E-state index is 9.05. The van der Waals surface area contributed by atoms with E-state index in [1.165, 1.54) is 7.11 Å². The Balaban J connectivity index is 2.48. The Morgan fingerprint density at radius 2 is 2.00 bits per heavy atom. The predicted octanol–water partition coefficient (Wildman–Crippen LogP) is 1.65. The molecule has 18 heavy (non-hydrogen) atoms. The Hall–Kier alpha value is -2.14. The summed E-state index contributed by atoms with van der Waals surface area (Å²) >= 11 is 0. The highest BCUT2D eigenvalue weighted by Crippen LogP contribution is 2.28. The van der Waals surface area contributed by atoms with Crippen LogP contribution in [0.5, 0.6) is 11.6 Å². The highest BCUT2D eigenvalue weighted by molar-refractivity contribution is 5.66. The van der Waals surface area contributed by atoms with Gasteiger partial charge in [-0.25, -0.2) is 4.98 Å². The van der Waals surface area contributed by atoms with Crippen LogP contribution < -0.4 is 9.47 Å². The number of pyridine rings is 2. The molecule has 0 bridgehead atoms. The zero-order chi connectivity index (χ0) is 13.0. The van der Waals surface area contributed by atoms with Crippen molar-refractivity contribution in [3.05, 3.63) is 36.2 Å². The van der Waals surface area contributed by atoms with Crippen molar-refractivity contribution < 1.29 is 14.6 Å². The molecule has 0 spiro atoms. The lowest BCUT2D eigenvalue weighted by Gasteiger charge is -2.09. The van der Waals surface area contributed by atoms with Crippen LogP contribution in [0, 0.1) is 0 Å². The lowest BCUT2D eigenvalue weighted by molar-refractivity contribution is 0.274. The largest absolute Gasteiger partial charge is 0.497 e. The first-order valence-corrected chi connectivity index (χ1v) is 5.43. The Bertz CT molecular complexity index is 544. The summed E-state index contributed by atoms with van der Waals surface area (Å²) < 4.78 is 10.4. The van der Waals surface area contributed by atoms with Gasteiger partial charge in [0.15, 0.2) is 0 Å². The maximum Gasteiger partial charge on any atom is 0.222 e. The summed E-state index contributed by atoms with van der Waals surface area (Å²) in [6.07, 6.45) is 1.66. The van der Waals surface area contributed by atoms with Crippen molar-refractivity contribution in [2.45, 2.75) is 6.61 Å². The lowest BCUT2D eigenvalue weighted by Crippen LogP contribution is -1.97. The van der Waals surface area contributed by atoms with Crippen LogP contribution in [0.15, 0.2) is 30.5 Å². The van der Waals surface area contributed by atoms with Crippen LogP contribution in [0.25, 0.3) is 11.3 Å². The number of rotatable bonds is 4. The average Bonchev–Trinajstić information content (AvgIpc) is 2.46. The minimum atomic E-state index is -0.123. The first-order valence-electron chi connectivity index (χ1n) is 5.43. The smallest absolute Gasteiger partial charge is 0.222 e. The quantitative estimate of drug-likeness (QED) is 0.888. The molecule has 0 unspecified atom stereocenters. The van der Waals surface area contributed by atoms with Crippen molar-refractivity contribution in [1.82, 2.24) is 9.97 Å². The zero-order valence-corrected chi connectivity index (χ0v) is 10.3. The number of ether oxygens (including phenoxy) is 2. The Morgan fingerprint density at radius 1 is 1.17 bits per heavy atom. The molecule has 2 aromatic heterocycles. The van der Waals surface area contributed by atoms with E-state index in [1.807, 2.05) is 6.07 Å². The molecule has 0 aliphatic carbocycles. The molecule has 2 rings (SSSR count). The van der Waals surface area contributed by atoms with Crippen LogP contribution in [0.3, 0.4) is 0 Å². The molecule has 0 atom stereocenters. The minimum Gasteiger partial charge on any atom is -0.497 e. The standard InChI is InChI=1S/C13H14N2O3/c1-17-10-5-6-14-12(7-10)11-4-3-9(8-16)15-13(11)18-2/h3-7,16H,8H2,1-2H3. The van der Waals surface area contributed by atoms with Crippen molar-refractivity contribution in [2.75, 3.05) is 14.2 Å². The van der Waals surface area contributed by atoms with Crippen molar-refractivity contribution in [3.8, 4) is 22.9 Å². The van der Waals surface area contributed by atoms with E-state index >= 15 is 0 Å². The number of aliphatic hydroxyl groups excluding tert-OH is 1. The van der Waals surface area contributed by atoms with Gasteiger partial charge in [-0.3, -0.25) is 4.98 Å². The Kier molecular flexibility index (Phi) is 3.74. The Morgan fingerprint density at radius 3 is 2.67 bits per heavy atom. The van der Waals surface area contributed by atoms with E-state index < -0.39 is 0 Å². The third kappa shape index (κ3) is 2.41. The van der Waals surface area contributed by atoms with Gasteiger partial charge in [-0.05, 0) is 18.2 Å². The molecule has 0 amide bonds. The van der Waals surface area contributed by atoms with Gasteiger partial charge in [0.25, 0.3) is 0 Å². The predicted molar refractivity (Wildman–Crippen MR) is 66.5 cm³/mol. The van der Waals surface area contributed by atoms with Crippen molar-refractivity contribution in [1.29, 1.82) is 0 Å². The van der Waals surface area contributed by atoms with Gasteiger partial charge in [0.05, 0.1) is 37.8 Å². The lowest BCUT2D eigenvalue weighted by atomic mass is 10.1. The average molecular weight is 246 g/mol. The molecule has 0 radical (unpaired) electrons.